The van der Waals surface area contributed by atoms with Gasteiger partial charge in [0.1, 0.15) is 0 Å². The van der Waals surface area contributed by atoms with Crippen molar-refractivity contribution in [2.45, 2.75) is 32.4 Å². The summed E-state index contributed by atoms with van der Waals surface area (Å²) >= 11 is 0. The van der Waals surface area contributed by atoms with Crippen LogP contribution in [0, 0.1) is 0 Å². The van der Waals surface area contributed by atoms with Crippen LogP contribution in [-0.2, 0) is 4.74 Å². The van der Waals surface area contributed by atoms with Crippen LogP contribution in [0.5, 0.6) is 0 Å². The van der Waals surface area contributed by atoms with Gasteiger partial charge in [0.15, 0.2) is 0 Å². The Balaban J connectivity index is 2.08. The van der Waals surface area contributed by atoms with E-state index in [0.717, 1.165) is 32.8 Å². The molecule has 0 aliphatic carbocycles. The minimum Gasteiger partial charge on any atom is -0.375 e. The molecule has 1 saturated heterocycles. The van der Waals surface area contributed by atoms with Crippen LogP contribution in [0.1, 0.15) is 32.4 Å². The Morgan fingerprint density at radius 1 is 1.32 bits per heavy atom. The molecule has 3 nitrogen and oxygen atoms in total. The van der Waals surface area contributed by atoms with E-state index in [-0.39, 0.29) is 5.60 Å². The van der Waals surface area contributed by atoms with Gasteiger partial charge in [0.05, 0.1) is 5.60 Å². The fraction of sp³-hybridized carbons (Fsp3) is 0.625. The van der Waals surface area contributed by atoms with Crippen molar-refractivity contribution >= 4 is 0 Å². The number of rotatable bonds is 5. The maximum atomic E-state index is 5.85. The molecule has 0 aromatic heterocycles. The first kappa shape index (κ1) is 14.5. The van der Waals surface area contributed by atoms with E-state index < -0.39 is 0 Å². The summed E-state index contributed by atoms with van der Waals surface area (Å²) in [6.45, 7) is 11.3. The van der Waals surface area contributed by atoms with E-state index in [2.05, 4.69) is 61.3 Å². The van der Waals surface area contributed by atoms with Crippen molar-refractivity contribution in [3.8, 4) is 0 Å². The van der Waals surface area contributed by atoms with Gasteiger partial charge in [0, 0.05) is 38.8 Å². The van der Waals surface area contributed by atoms with E-state index in [1.54, 1.807) is 0 Å². The zero-order valence-corrected chi connectivity index (χ0v) is 12.4. The molecule has 1 aromatic carbocycles. The van der Waals surface area contributed by atoms with Crippen molar-refractivity contribution in [2.75, 3.05) is 32.8 Å². The zero-order valence-electron chi connectivity index (χ0n) is 12.4. The van der Waals surface area contributed by atoms with Crippen LogP contribution in [0.25, 0.3) is 0 Å². The Kier molecular flexibility index (Phi) is 4.97. The summed E-state index contributed by atoms with van der Waals surface area (Å²) in [5, 5.41) is 3.50. The number of hydrogen-bond acceptors (Lipinski definition) is 3. The third-order valence-electron chi connectivity index (χ3n) is 3.66. The molecule has 1 aliphatic heterocycles. The molecule has 1 fully saturated rings. The van der Waals surface area contributed by atoms with Crippen LogP contribution in [0.3, 0.4) is 0 Å². The highest BCUT2D eigenvalue weighted by Gasteiger charge is 2.29. The predicted molar refractivity (Wildman–Crippen MR) is 79.3 cm³/mol. The first-order chi connectivity index (χ1) is 9.12. The van der Waals surface area contributed by atoms with Crippen molar-refractivity contribution < 1.29 is 4.74 Å². The van der Waals surface area contributed by atoms with Crippen molar-refractivity contribution in [2.24, 2.45) is 0 Å². The highest BCUT2D eigenvalue weighted by Crippen LogP contribution is 2.24. The van der Waals surface area contributed by atoms with Gasteiger partial charge in [-0.25, -0.2) is 0 Å². The SMILES string of the molecule is CCOC(C)(C)CN1CCNCC1c1ccccc1. The molecule has 1 heterocycles. The van der Waals surface area contributed by atoms with E-state index in [1.807, 2.05) is 0 Å². The summed E-state index contributed by atoms with van der Waals surface area (Å²) < 4.78 is 5.85. The van der Waals surface area contributed by atoms with Gasteiger partial charge in [-0.3, -0.25) is 4.90 Å². The van der Waals surface area contributed by atoms with E-state index in [1.165, 1.54) is 5.56 Å². The summed E-state index contributed by atoms with van der Waals surface area (Å²) in [6, 6.07) is 11.2. The minimum atomic E-state index is -0.0842. The fourth-order valence-electron chi connectivity index (χ4n) is 2.86. The van der Waals surface area contributed by atoms with Gasteiger partial charge in [-0.2, -0.15) is 0 Å². The van der Waals surface area contributed by atoms with Gasteiger partial charge in [0.25, 0.3) is 0 Å². The second kappa shape index (κ2) is 6.51. The van der Waals surface area contributed by atoms with Crippen LogP contribution in [0.4, 0.5) is 0 Å². The van der Waals surface area contributed by atoms with Crippen molar-refractivity contribution in [1.82, 2.24) is 10.2 Å². The highest BCUT2D eigenvalue weighted by molar-refractivity contribution is 5.20. The van der Waals surface area contributed by atoms with Gasteiger partial charge in [-0.15, -0.1) is 0 Å². The van der Waals surface area contributed by atoms with Crippen molar-refractivity contribution in [1.29, 1.82) is 0 Å². The first-order valence-corrected chi connectivity index (χ1v) is 7.26. The Hall–Kier alpha value is -0.900. The largest absolute Gasteiger partial charge is 0.375 e. The second-order valence-electron chi connectivity index (χ2n) is 5.79. The molecule has 1 aliphatic rings. The molecular formula is C16H26N2O. The lowest BCUT2D eigenvalue weighted by Crippen LogP contribution is -2.51. The average Bonchev–Trinajstić information content (AvgIpc) is 2.40. The molecule has 19 heavy (non-hydrogen) atoms. The van der Waals surface area contributed by atoms with E-state index in [9.17, 15) is 0 Å². The quantitative estimate of drug-likeness (QED) is 0.882. The molecule has 1 unspecified atom stereocenters. The Bertz CT molecular complexity index is 378. The summed E-state index contributed by atoms with van der Waals surface area (Å²) in [5.74, 6) is 0. The third kappa shape index (κ3) is 4.03. The van der Waals surface area contributed by atoms with Crippen molar-refractivity contribution in [3.05, 3.63) is 35.9 Å². The van der Waals surface area contributed by atoms with Gasteiger partial charge in [-0.1, -0.05) is 30.3 Å². The maximum Gasteiger partial charge on any atom is 0.0752 e. The lowest BCUT2D eigenvalue weighted by molar-refractivity contribution is -0.0456. The summed E-state index contributed by atoms with van der Waals surface area (Å²) in [4.78, 5) is 2.54. The molecule has 2 rings (SSSR count). The molecule has 1 N–H and O–H groups in total. The van der Waals surface area contributed by atoms with Gasteiger partial charge in [-0.05, 0) is 26.3 Å². The standard InChI is InChI=1S/C16H26N2O/c1-4-19-16(2,3)13-18-11-10-17-12-15(18)14-8-6-5-7-9-14/h5-9,15,17H,4,10-13H2,1-3H3. The van der Waals surface area contributed by atoms with E-state index in [4.69, 9.17) is 4.74 Å². The number of ether oxygens (including phenoxy) is 1. The van der Waals surface area contributed by atoms with Gasteiger partial charge >= 0.3 is 0 Å². The van der Waals surface area contributed by atoms with Crippen LogP contribution in [-0.4, -0.2) is 43.3 Å². The molecule has 0 bridgehead atoms. The zero-order chi connectivity index (χ0) is 13.7. The third-order valence-corrected chi connectivity index (χ3v) is 3.66. The van der Waals surface area contributed by atoms with Crippen LogP contribution in [0.2, 0.25) is 0 Å². The normalized spacial score (nSPS) is 21.5. The summed E-state index contributed by atoms with van der Waals surface area (Å²) in [7, 11) is 0. The fourth-order valence-corrected chi connectivity index (χ4v) is 2.86. The molecule has 3 heteroatoms. The number of piperazine rings is 1. The van der Waals surface area contributed by atoms with Crippen LogP contribution < -0.4 is 5.32 Å². The number of nitrogens with one attached hydrogen (secondary N) is 1. The monoisotopic (exact) mass is 262 g/mol. The highest BCUT2D eigenvalue weighted by atomic mass is 16.5. The van der Waals surface area contributed by atoms with Crippen LogP contribution >= 0.6 is 0 Å². The average molecular weight is 262 g/mol. The molecule has 0 amide bonds. The molecular weight excluding hydrogens is 236 g/mol. The van der Waals surface area contributed by atoms with Crippen molar-refractivity contribution in [3.63, 3.8) is 0 Å². The number of benzene rings is 1. The topological polar surface area (TPSA) is 24.5 Å². The Labute approximate surface area is 116 Å². The van der Waals surface area contributed by atoms with Gasteiger partial charge < -0.3 is 10.1 Å². The van der Waals surface area contributed by atoms with Crippen LogP contribution in [0.15, 0.2) is 30.3 Å². The Morgan fingerprint density at radius 2 is 2.05 bits per heavy atom. The smallest absolute Gasteiger partial charge is 0.0752 e. The molecule has 0 spiro atoms. The van der Waals surface area contributed by atoms with E-state index in [0.29, 0.717) is 6.04 Å². The Morgan fingerprint density at radius 3 is 2.74 bits per heavy atom. The second-order valence-corrected chi connectivity index (χ2v) is 5.79. The molecule has 0 saturated carbocycles. The van der Waals surface area contributed by atoms with E-state index >= 15 is 0 Å². The summed E-state index contributed by atoms with van der Waals surface area (Å²) in [6.07, 6.45) is 0. The maximum absolute atomic E-state index is 5.85. The van der Waals surface area contributed by atoms with Gasteiger partial charge in [0.2, 0.25) is 0 Å². The minimum absolute atomic E-state index is 0.0842. The molecule has 1 aromatic rings. The predicted octanol–water partition coefficient (Wildman–Crippen LogP) is 2.45. The lowest BCUT2D eigenvalue weighted by Gasteiger charge is -2.41. The first-order valence-electron chi connectivity index (χ1n) is 7.26. The lowest BCUT2D eigenvalue weighted by atomic mass is 10.0. The molecule has 0 radical (unpaired) electrons. The molecule has 1 atom stereocenters. The number of nitrogens with zero attached hydrogens (tertiary/aromatic N) is 1. The molecule has 106 valence electrons. The summed E-state index contributed by atoms with van der Waals surface area (Å²) in [5.41, 5.74) is 1.31. The number of hydrogen-bond donors (Lipinski definition) is 1.